The molecule has 1 heterocycles. The molecule has 0 spiro atoms. The molecule has 2 aromatic carbocycles. The molecule has 23 heavy (non-hydrogen) atoms. The lowest BCUT2D eigenvalue weighted by Crippen LogP contribution is -2.12. The van der Waals surface area contributed by atoms with E-state index >= 15 is 0 Å². The van der Waals surface area contributed by atoms with Gasteiger partial charge in [0, 0.05) is 0 Å². The summed E-state index contributed by atoms with van der Waals surface area (Å²) in [6, 6.07) is 11.4. The Morgan fingerprint density at radius 3 is 2.35 bits per heavy atom. The zero-order valence-corrected chi connectivity index (χ0v) is 12.5. The maximum absolute atomic E-state index is 12.8. The van der Waals surface area contributed by atoms with Crippen molar-refractivity contribution >= 4 is 10.1 Å². The van der Waals surface area contributed by atoms with Crippen LogP contribution in [-0.2, 0) is 15.9 Å². The van der Waals surface area contributed by atoms with Gasteiger partial charge in [-0.05, 0) is 52.4 Å². The molecule has 0 amide bonds. The van der Waals surface area contributed by atoms with Crippen molar-refractivity contribution in [3.63, 3.8) is 0 Å². The Kier molecular flexibility index (Phi) is 4.02. The standard InChI is InChI=1S/C14H11FN4O3S/c15-12-3-1-11(2-4-12)9-23(20,21)22-14-7-5-13(6-8-14)19-10-16-17-18-19/h1-8,10H,9H2. The monoisotopic (exact) mass is 334 g/mol. The summed E-state index contributed by atoms with van der Waals surface area (Å²) < 4.78 is 43.3. The molecule has 3 rings (SSSR count). The van der Waals surface area contributed by atoms with E-state index in [2.05, 4.69) is 15.5 Å². The highest BCUT2D eigenvalue weighted by Crippen LogP contribution is 2.18. The lowest BCUT2D eigenvalue weighted by molar-refractivity contribution is 0.485. The highest BCUT2D eigenvalue weighted by molar-refractivity contribution is 7.86. The molecule has 0 bridgehead atoms. The van der Waals surface area contributed by atoms with E-state index in [1.165, 1.54) is 47.4 Å². The van der Waals surface area contributed by atoms with Gasteiger partial charge in [-0.2, -0.15) is 8.42 Å². The zero-order chi connectivity index (χ0) is 16.3. The number of hydrogen-bond donors (Lipinski definition) is 0. The molecule has 118 valence electrons. The topological polar surface area (TPSA) is 87.0 Å². The lowest BCUT2D eigenvalue weighted by Gasteiger charge is -2.08. The summed E-state index contributed by atoms with van der Waals surface area (Å²) in [6.07, 6.45) is 1.42. The van der Waals surface area contributed by atoms with Crippen molar-refractivity contribution in [3.05, 3.63) is 66.2 Å². The third-order valence-electron chi connectivity index (χ3n) is 2.93. The van der Waals surface area contributed by atoms with E-state index in [9.17, 15) is 12.8 Å². The molecule has 0 aliphatic heterocycles. The number of nitrogens with zero attached hydrogens (tertiary/aromatic N) is 4. The highest BCUT2D eigenvalue weighted by Gasteiger charge is 2.14. The first-order valence-electron chi connectivity index (χ1n) is 6.52. The first kappa shape index (κ1) is 15.1. The number of hydrogen-bond acceptors (Lipinski definition) is 6. The first-order valence-corrected chi connectivity index (χ1v) is 8.10. The van der Waals surface area contributed by atoms with Crippen LogP contribution >= 0.6 is 0 Å². The third-order valence-corrected chi connectivity index (χ3v) is 4.06. The summed E-state index contributed by atoms with van der Waals surface area (Å²) >= 11 is 0. The molecule has 7 nitrogen and oxygen atoms in total. The van der Waals surface area contributed by atoms with Crippen molar-refractivity contribution in [2.45, 2.75) is 5.75 Å². The quantitative estimate of drug-likeness (QED) is 0.660. The fraction of sp³-hybridized carbons (Fsp3) is 0.0714. The molecule has 0 unspecified atom stereocenters. The minimum Gasteiger partial charge on any atom is -0.382 e. The number of rotatable bonds is 5. The van der Waals surface area contributed by atoms with Gasteiger partial charge in [-0.15, -0.1) is 5.10 Å². The maximum Gasteiger partial charge on any atom is 0.313 e. The highest BCUT2D eigenvalue weighted by atomic mass is 32.2. The van der Waals surface area contributed by atoms with Crippen LogP contribution in [0.25, 0.3) is 5.69 Å². The fourth-order valence-corrected chi connectivity index (χ4v) is 2.96. The van der Waals surface area contributed by atoms with E-state index < -0.39 is 15.9 Å². The third kappa shape index (κ3) is 3.89. The maximum atomic E-state index is 12.8. The first-order chi connectivity index (χ1) is 11.0. The Bertz CT molecular complexity index is 879. The lowest BCUT2D eigenvalue weighted by atomic mass is 10.2. The number of tetrazole rings is 1. The Labute approximate surface area is 131 Å². The van der Waals surface area contributed by atoms with Gasteiger partial charge in [-0.3, -0.25) is 0 Å². The molecule has 0 saturated carbocycles. The zero-order valence-electron chi connectivity index (χ0n) is 11.7. The van der Waals surface area contributed by atoms with E-state index in [0.717, 1.165) is 0 Å². The predicted molar refractivity (Wildman–Crippen MR) is 78.8 cm³/mol. The molecular formula is C14H11FN4O3S. The van der Waals surface area contributed by atoms with E-state index in [4.69, 9.17) is 4.18 Å². The van der Waals surface area contributed by atoms with Crippen LogP contribution < -0.4 is 4.18 Å². The van der Waals surface area contributed by atoms with Crippen LogP contribution in [0.15, 0.2) is 54.9 Å². The molecule has 9 heteroatoms. The van der Waals surface area contributed by atoms with Gasteiger partial charge in [0.2, 0.25) is 0 Å². The van der Waals surface area contributed by atoms with E-state index in [1.54, 1.807) is 12.1 Å². The summed E-state index contributed by atoms with van der Waals surface area (Å²) in [5, 5.41) is 10.7. The van der Waals surface area contributed by atoms with Crippen LogP contribution in [0.1, 0.15) is 5.56 Å². The Hall–Kier alpha value is -2.81. The van der Waals surface area contributed by atoms with Crippen molar-refractivity contribution < 1.29 is 17.0 Å². The average molecular weight is 334 g/mol. The fourth-order valence-electron chi connectivity index (χ4n) is 1.89. The Morgan fingerprint density at radius 1 is 1.04 bits per heavy atom. The Balaban J connectivity index is 1.71. The van der Waals surface area contributed by atoms with Crippen LogP contribution in [0, 0.1) is 5.82 Å². The van der Waals surface area contributed by atoms with Crippen molar-refractivity contribution in [2.75, 3.05) is 0 Å². The van der Waals surface area contributed by atoms with Crippen LogP contribution in [0.3, 0.4) is 0 Å². The minimum absolute atomic E-state index is 0.170. The second kappa shape index (κ2) is 6.13. The van der Waals surface area contributed by atoms with Gasteiger partial charge in [0.15, 0.2) is 0 Å². The summed E-state index contributed by atoms with van der Waals surface area (Å²) in [5.41, 5.74) is 1.11. The van der Waals surface area contributed by atoms with Crippen LogP contribution in [-0.4, -0.2) is 28.6 Å². The average Bonchev–Trinajstić information content (AvgIpc) is 3.04. The summed E-state index contributed by atoms with van der Waals surface area (Å²) in [5.74, 6) is -0.601. The molecule has 0 radical (unpaired) electrons. The number of aromatic nitrogens is 4. The van der Waals surface area contributed by atoms with Crippen molar-refractivity contribution in [2.24, 2.45) is 0 Å². The molecule has 0 N–H and O–H groups in total. The summed E-state index contributed by atoms with van der Waals surface area (Å²) in [4.78, 5) is 0. The van der Waals surface area contributed by atoms with Crippen molar-refractivity contribution in [3.8, 4) is 11.4 Å². The van der Waals surface area contributed by atoms with Gasteiger partial charge in [0.25, 0.3) is 0 Å². The summed E-state index contributed by atoms with van der Waals surface area (Å²) in [7, 11) is -3.84. The summed E-state index contributed by atoms with van der Waals surface area (Å²) in [6.45, 7) is 0. The molecule has 3 aromatic rings. The van der Waals surface area contributed by atoms with Gasteiger partial charge >= 0.3 is 10.1 Å². The van der Waals surface area contributed by atoms with Crippen LogP contribution in [0.2, 0.25) is 0 Å². The molecule has 0 aliphatic rings. The van der Waals surface area contributed by atoms with Crippen molar-refractivity contribution in [1.29, 1.82) is 0 Å². The van der Waals surface area contributed by atoms with Gasteiger partial charge < -0.3 is 4.18 Å². The molecule has 0 fully saturated rings. The van der Waals surface area contributed by atoms with Gasteiger partial charge in [0.05, 0.1) is 5.69 Å². The molecule has 0 aliphatic carbocycles. The molecule has 0 atom stereocenters. The largest absolute Gasteiger partial charge is 0.382 e. The second-order valence-corrected chi connectivity index (χ2v) is 6.23. The molecule has 1 aromatic heterocycles. The van der Waals surface area contributed by atoms with Crippen LogP contribution in [0.5, 0.6) is 5.75 Å². The number of benzene rings is 2. The van der Waals surface area contributed by atoms with E-state index in [1.807, 2.05) is 0 Å². The van der Waals surface area contributed by atoms with E-state index in [-0.39, 0.29) is 11.5 Å². The minimum atomic E-state index is -3.84. The molecular weight excluding hydrogens is 323 g/mol. The number of halogens is 1. The second-order valence-electron chi connectivity index (χ2n) is 4.66. The SMILES string of the molecule is O=S(=O)(Cc1ccc(F)cc1)Oc1ccc(-n2cnnn2)cc1. The predicted octanol–water partition coefficient (Wildman–Crippen LogP) is 1.71. The van der Waals surface area contributed by atoms with Gasteiger partial charge in [0.1, 0.15) is 23.6 Å². The van der Waals surface area contributed by atoms with Gasteiger partial charge in [-0.1, -0.05) is 12.1 Å². The van der Waals surface area contributed by atoms with Crippen molar-refractivity contribution in [1.82, 2.24) is 20.2 Å². The van der Waals surface area contributed by atoms with E-state index in [0.29, 0.717) is 11.3 Å². The smallest absolute Gasteiger partial charge is 0.313 e. The normalized spacial score (nSPS) is 11.3. The van der Waals surface area contributed by atoms with Crippen LogP contribution in [0.4, 0.5) is 4.39 Å². The Morgan fingerprint density at radius 2 is 1.74 bits per heavy atom. The molecule has 0 saturated heterocycles. The van der Waals surface area contributed by atoms with Gasteiger partial charge in [-0.25, -0.2) is 9.07 Å².